The van der Waals surface area contributed by atoms with Crippen molar-refractivity contribution < 1.29 is 19.1 Å². The number of nitrogens with one attached hydrogen (secondary N) is 3. The molecule has 0 unspecified atom stereocenters. The number of para-hydroxylation sites is 1. The topological polar surface area (TPSA) is 92.5 Å². The molecule has 7 heteroatoms. The van der Waals surface area contributed by atoms with E-state index in [1.807, 2.05) is 24.3 Å². The number of rotatable bonds is 5. The minimum Gasteiger partial charge on any atom is -0.493 e. The number of methoxy groups -OCH3 is 2. The van der Waals surface area contributed by atoms with Gasteiger partial charge in [0.05, 0.1) is 20.6 Å². The molecule has 2 aromatic carbocycles. The first-order valence-electron chi connectivity index (χ1n) is 7.98. The second-order valence-electron chi connectivity index (χ2n) is 5.61. The number of aromatic amines is 1. The van der Waals surface area contributed by atoms with Gasteiger partial charge in [-0.2, -0.15) is 0 Å². The second-order valence-corrected chi connectivity index (χ2v) is 5.61. The molecule has 1 aromatic heterocycles. The quantitative estimate of drug-likeness (QED) is 0.613. The van der Waals surface area contributed by atoms with Crippen LogP contribution in [0.25, 0.3) is 10.9 Å². The number of carbonyl (C=O) groups is 2. The van der Waals surface area contributed by atoms with Crippen LogP contribution >= 0.6 is 0 Å². The molecule has 26 heavy (non-hydrogen) atoms. The average Bonchev–Trinajstić information content (AvgIpc) is 3.08. The summed E-state index contributed by atoms with van der Waals surface area (Å²) >= 11 is 0. The van der Waals surface area contributed by atoms with Crippen molar-refractivity contribution in [1.82, 2.24) is 15.8 Å². The first-order chi connectivity index (χ1) is 12.6. The molecule has 0 saturated carbocycles. The van der Waals surface area contributed by atoms with E-state index in [1.54, 1.807) is 24.4 Å². The fourth-order valence-electron chi connectivity index (χ4n) is 2.67. The van der Waals surface area contributed by atoms with E-state index in [0.717, 1.165) is 16.5 Å². The highest BCUT2D eigenvalue weighted by molar-refractivity contribution is 5.96. The highest BCUT2D eigenvalue weighted by atomic mass is 16.5. The summed E-state index contributed by atoms with van der Waals surface area (Å²) < 4.78 is 10.3. The lowest BCUT2D eigenvalue weighted by Gasteiger charge is -2.10. The SMILES string of the molecule is COc1ccc(C(=O)NNC(=O)Cc2c[nH]c3ccccc23)cc1OC. The van der Waals surface area contributed by atoms with E-state index in [0.29, 0.717) is 17.1 Å². The summed E-state index contributed by atoms with van der Waals surface area (Å²) in [5.41, 5.74) is 6.99. The number of H-pyrrole nitrogens is 1. The van der Waals surface area contributed by atoms with Gasteiger partial charge in [-0.15, -0.1) is 0 Å². The molecular weight excluding hydrogens is 334 g/mol. The zero-order valence-corrected chi connectivity index (χ0v) is 14.5. The summed E-state index contributed by atoms with van der Waals surface area (Å²) in [6.45, 7) is 0. The molecule has 0 atom stereocenters. The van der Waals surface area contributed by atoms with Crippen LogP contribution in [0.4, 0.5) is 0 Å². The van der Waals surface area contributed by atoms with Gasteiger partial charge in [0.15, 0.2) is 11.5 Å². The van der Waals surface area contributed by atoms with Crippen molar-refractivity contribution in [3.63, 3.8) is 0 Å². The molecular formula is C19H19N3O4. The van der Waals surface area contributed by atoms with Crippen molar-refractivity contribution in [2.45, 2.75) is 6.42 Å². The predicted octanol–water partition coefficient (Wildman–Crippen LogP) is 2.19. The zero-order valence-electron chi connectivity index (χ0n) is 14.5. The van der Waals surface area contributed by atoms with E-state index in [1.165, 1.54) is 14.2 Å². The third kappa shape index (κ3) is 3.61. The summed E-state index contributed by atoms with van der Waals surface area (Å²) in [6.07, 6.45) is 1.94. The summed E-state index contributed by atoms with van der Waals surface area (Å²) in [6, 6.07) is 12.5. The van der Waals surface area contributed by atoms with Crippen LogP contribution in [0.2, 0.25) is 0 Å². The number of benzene rings is 2. The number of hydrogen-bond donors (Lipinski definition) is 3. The van der Waals surface area contributed by atoms with E-state index in [4.69, 9.17) is 9.47 Å². The van der Waals surface area contributed by atoms with Crippen molar-refractivity contribution in [2.24, 2.45) is 0 Å². The maximum atomic E-state index is 12.2. The summed E-state index contributed by atoms with van der Waals surface area (Å²) in [5, 5.41) is 0.980. The Morgan fingerprint density at radius 2 is 1.77 bits per heavy atom. The van der Waals surface area contributed by atoms with Crippen LogP contribution in [0.1, 0.15) is 15.9 Å². The molecule has 134 valence electrons. The lowest BCUT2D eigenvalue weighted by atomic mass is 10.1. The first kappa shape index (κ1) is 17.3. The van der Waals surface area contributed by atoms with Gasteiger partial charge in [-0.1, -0.05) is 18.2 Å². The van der Waals surface area contributed by atoms with Gasteiger partial charge in [-0.05, 0) is 29.8 Å². The molecule has 1 heterocycles. The zero-order chi connectivity index (χ0) is 18.5. The number of hydrogen-bond acceptors (Lipinski definition) is 4. The molecule has 0 aliphatic heterocycles. The van der Waals surface area contributed by atoms with Crippen LogP contribution in [0.15, 0.2) is 48.7 Å². The number of carbonyl (C=O) groups excluding carboxylic acids is 2. The van der Waals surface area contributed by atoms with Crippen LogP contribution in [0, 0.1) is 0 Å². The van der Waals surface area contributed by atoms with Crippen molar-refractivity contribution >= 4 is 22.7 Å². The Hall–Kier alpha value is -3.48. The molecule has 3 rings (SSSR count). The molecule has 2 amide bonds. The van der Waals surface area contributed by atoms with Gasteiger partial charge in [0.1, 0.15) is 0 Å². The van der Waals surface area contributed by atoms with Gasteiger partial charge < -0.3 is 14.5 Å². The minimum absolute atomic E-state index is 0.149. The lowest BCUT2D eigenvalue weighted by molar-refractivity contribution is -0.121. The first-order valence-corrected chi connectivity index (χ1v) is 7.98. The van der Waals surface area contributed by atoms with Gasteiger partial charge in [-0.25, -0.2) is 0 Å². The predicted molar refractivity (Wildman–Crippen MR) is 97.2 cm³/mol. The van der Waals surface area contributed by atoms with E-state index in [9.17, 15) is 9.59 Å². The standard InChI is InChI=1S/C19H19N3O4/c1-25-16-8-7-12(9-17(16)26-2)19(24)22-21-18(23)10-13-11-20-15-6-4-3-5-14(13)15/h3-9,11,20H,10H2,1-2H3,(H,21,23)(H,22,24). The summed E-state index contributed by atoms with van der Waals surface area (Å²) in [4.78, 5) is 27.4. The third-order valence-electron chi connectivity index (χ3n) is 3.99. The van der Waals surface area contributed by atoms with Crippen LogP contribution in [-0.4, -0.2) is 31.0 Å². The fraction of sp³-hybridized carbons (Fsp3) is 0.158. The molecule has 0 spiro atoms. The smallest absolute Gasteiger partial charge is 0.269 e. The van der Waals surface area contributed by atoms with E-state index in [2.05, 4.69) is 15.8 Å². The third-order valence-corrected chi connectivity index (χ3v) is 3.99. The number of aromatic nitrogens is 1. The Balaban J connectivity index is 1.61. The molecule has 0 bridgehead atoms. The molecule has 0 fully saturated rings. The highest BCUT2D eigenvalue weighted by Crippen LogP contribution is 2.27. The summed E-state index contributed by atoms with van der Waals surface area (Å²) in [7, 11) is 3.01. The van der Waals surface area contributed by atoms with Gasteiger partial charge in [0, 0.05) is 22.7 Å². The van der Waals surface area contributed by atoms with E-state index >= 15 is 0 Å². The average molecular weight is 353 g/mol. The van der Waals surface area contributed by atoms with Crippen molar-refractivity contribution in [2.75, 3.05) is 14.2 Å². The van der Waals surface area contributed by atoms with Crippen LogP contribution < -0.4 is 20.3 Å². The van der Waals surface area contributed by atoms with Gasteiger partial charge in [0.25, 0.3) is 5.91 Å². The Bertz CT molecular complexity index is 949. The van der Waals surface area contributed by atoms with Gasteiger partial charge in [-0.3, -0.25) is 20.4 Å². The number of fused-ring (bicyclic) bond motifs is 1. The Kier molecular flexibility index (Phi) is 5.07. The molecule has 0 aliphatic rings. The lowest BCUT2D eigenvalue weighted by Crippen LogP contribution is -2.42. The van der Waals surface area contributed by atoms with Crippen LogP contribution in [0.3, 0.4) is 0 Å². The molecule has 0 radical (unpaired) electrons. The fourth-order valence-corrected chi connectivity index (χ4v) is 2.67. The van der Waals surface area contributed by atoms with Crippen molar-refractivity contribution in [1.29, 1.82) is 0 Å². The number of hydrazine groups is 1. The molecule has 3 N–H and O–H groups in total. The van der Waals surface area contributed by atoms with Gasteiger partial charge in [0.2, 0.25) is 5.91 Å². The Labute approximate surface area is 150 Å². The molecule has 0 aliphatic carbocycles. The summed E-state index contributed by atoms with van der Waals surface area (Å²) in [5.74, 6) is 0.194. The normalized spacial score (nSPS) is 10.4. The maximum Gasteiger partial charge on any atom is 0.269 e. The van der Waals surface area contributed by atoms with Gasteiger partial charge >= 0.3 is 0 Å². The number of ether oxygens (including phenoxy) is 2. The Morgan fingerprint density at radius 3 is 2.54 bits per heavy atom. The Morgan fingerprint density at radius 1 is 1.00 bits per heavy atom. The molecule has 3 aromatic rings. The highest BCUT2D eigenvalue weighted by Gasteiger charge is 2.13. The monoisotopic (exact) mass is 353 g/mol. The van der Waals surface area contributed by atoms with Crippen molar-refractivity contribution in [3.05, 3.63) is 59.8 Å². The van der Waals surface area contributed by atoms with Crippen LogP contribution in [0.5, 0.6) is 11.5 Å². The minimum atomic E-state index is -0.446. The molecule has 7 nitrogen and oxygen atoms in total. The van der Waals surface area contributed by atoms with Crippen molar-refractivity contribution in [3.8, 4) is 11.5 Å². The molecule has 0 saturated heterocycles. The van der Waals surface area contributed by atoms with E-state index in [-0.39, 0.29) is 12.3 Å². The largest absolute Gasteiger partial charge is 0.493 e. The maximum absolute atomic E-state index is 12.2. The number of amides is 2. The second kappa shape index (κ2) is 7.60. The van der Waals surface area contributed by atoms with Crippen LogP contribution in [-0.2, 0) is 11.2 Å². The van der Waals surface area contributed by atoms with E-state index < -0.39 is 5.91 Å².